The highest BCUT2D eigenvalue weighted by atomic mass is 19.4. The van der Waals surface area contributed by atoms with Crippen LogP contribution in [0.3, 0.4) is 0 Å². The molecule has 0 N–H and O–H groups in total. The summed E-state index contributed by atoms with van der Waals surface area (Å²) in [6.45, 7) is 0. The summed E-state index contributed by atoms with van der Waals surface area (Å²) < 4.78 is 41.6. The highest BCUT2D eigenvalue weighted by Gasteiger charge is 2.38. The van der Waals surface area contributed by atoms with E-state index in [-0.39, 0.29) is 17.6 Å². The number of hydrogen-bond acceptors (Lipinski definition) is 4. The van der Waals surface area contributed by atoms with Crippen molar-refractivity contribution in [2.24, 2.45) is 5.92 Å². The molecule has 23 heavy (non-hydrogen) atoms. The minimum Gasteiger partial charge on any atom is -0.329 e. The van der Waals surface area contributed by atoms with E-state index in [1.807, 2.05) is 0 Å². The lowest BCUT2D eigenvalue weighted by molar-refractivity contribution is -0.159. The molecule has 1 aromatic heterocycles. The topological polar surface area (TPSA) is 59.2 Å². The molecule has 1 amide bonds. The average molecular weight is 325 g/mol. The third kappa shape index (κ3) is 3.06. The highest BCUT2D eigenvalue weighted by Crippen LogP contribution is 2.31. The molecule has 1 fully saturated rings. The summed E-state index contributed by atoms with van der Waals surface area (Å²) in [6, 6.07) is 6.42. The fourth-order valence-electron chi connectivity index (χ4n) is 2.35. The van der Waals surface area contributed by atoms with Crippen LogP contribution in [0.25, 0.3) is 11.4 Å². The van der Waals surface area contributed by atoms with Gasteiger partial charge in [0.25, 0.3) is 0 Å². The van der Waals surface area contributed by atoms with E-state index in [4.69, 9.17) is 0 Å². The summed E-state index contributed by atoms with van der Waals surface area (Å²) in [4.78, 5) is 17.0. The monoisotopic (exact) mass is 325 g/mol. The molecule has 0 unspecified atom stereocenters. The number of carbonyl (C=O) groups excluding carboxylic acids is 1. The van der Waals surface area contributed by atoms with Gasteiger partial charge < -0.3 is 9.42 Å². The van der Waals surface area contributed by atoms with E-state index in [9.17, 15) is 18.0 Å². The van der Waals surface area contributed by atoms with Gasteiger partial charge in [-0.25, -0.2) is 0 Å². The lowest BCUT2D eigenvalue weighted by Crippen LogP contribution is -2.36. The minimum atomic E-state index is -4.67. The quantitative estimate of drug-likeness (QED) is 0.866. The van der Waals surface area contributed by atoms with E-state index in [1.54, 1.807) is 36.2 Å². The molecule has 0 spiro atoms. The van der Waals surface area contributed by atoms with Gasteiger partial charge in [-0.1, -0.05) is 11.6 Å². The van der Waals surface area contributed by atoms with Gasteiger partial charge in [0.2, 0.25) is 11.7 Å². The Morgan fingerprint density at radius 2 is 1.91 bits per heavy atom. The predicted octanol–water partition coefficient (Wildman–Crippen LogP) is 3.52. The van der Waals surface area contributed by atoms with Crippen molar-refractivity contribution in [3.8, 4) is 11.4 Å². The second-order valence-electron chi connectivity index (χ2n) is 5.49. The molecule has 1 saturated carbocycles. The number of carbonyl (C=O) groups is 1. The van der Waals surface area contributed by atoms with Crippen molar-refractivity contribution in [1.82, 2.24) is 10.1 Å². The Morgan fingerprint density at radius 3 is 2.39 bits per heavy atom. The summed E-state index contributed by atoms with van der Waals surface area (Å²) in [5.41, 5.74) is 1.06. The van der Waals surface area contributed by atoms with Gasteiger partial charge in [-0.15, -0.1) is 0 Å². The molecule has 1 aromatic carbocycles. The highest BCUT2D eigenvalue weighted by molar-refractivity contribution is 5.95. The van der Waals surface area contributed by atoms with E-state index < -0.39 is 12.1 Å². The van der Waals surface area contributed by atoms with Crippen LogP contribution < -0.4 is 4.90 Å². The lowest BCUT2D eigenvalue weighted by Gasteiger charge is -2.29. The van der Waals surface area contributed by atoms with Crippen LogP contribution >= 0.6 is 0 Å². The molecule has 2 aromatic rings. The molecule has 1 aliphatic carbocycles. The van der Waals surface area contributed by atoms with Crippen molar-refractivity contribution in [2.45, 2.75) is 25.4 Å². The number of hydrogen-bond donors (Lipinski definition) is 0. The first kappa shape index (κ1) is 15.5. The fourth-order valence-corrected chi connectivity index (χ4v) is 2.35. The molecule has 5 nitrogen and oxygen atoms in total. The molecule has 122 valence electrons. The smallest absolute Gasteiger partial charge is 0.329 e. The number of amides is 1. The Balaban J connectivity index is 1.76. The zero-order chi connectivity index (χ0) is 16.6. The standard InChI is InChI=1S/C15H14F3N3O2/c1-21(13(22)10-3-2-4-10)11-7-5-9(6-8-11)12-19-14(23-20-12)15(16,17)18/h5-8,10H,2-4H2,1H3. The van der Waals surface area contributed by atoms with Gasteiger partial charge >= 0.3 is 12.1 Å². The van der Waals surface area contributed by atoms with Gasteiger partial charge in [-0.05, 0) is 37.1 Å². The van der Waals surface area contributed by atoms with Crippen molar-refractivity contribution in [1.29, 1.82) is 0 Å². The summed E-state index contributed by atoms with van der Waals surface area (Å²) in [6.07, 6.45) is -1.78. The number of anilines is 1. The number of halogens is 3. The summed E-state index contributed by atoms with van der Waals surface area (Å²) in [5.74, 6) is -1.39. The van der Waals surface area contributed by atoms with Crippen molar-refractivity contribution in [2.75, 3.05) is 11.9 Å². The second-order valence-corrected chi connectivity index (χ2v) is 5.49. The normalized spacial score (nSPS) is 15.3. The lowest BCUT2D eigenvalue weighted by atomic mass is 9.84. The van der Waals surface area contributed by atoms with Crippen LogP contribution in [-0.2, 0) is 11.0 Å². The first-order valence-corrected chi connectivity index (χ1v) is 7.15. The second kappa shape index (κ2) is 5.68. The van der Waals surface area contributed by atoms with E-state index in [1.165, 1.54) is 0 Å². The van der Waals surface area contributed by atoms with Gasteiger partial charge in [0, 0.05) is 24.2 Å². The van der Waals surface area contributed by atoms with Crippen molar-refractivity contribution < 1.29 is 22.5 Å². The summed E-state index contributed by atoms with van der Waals surface area (Å²) in [5, 5.41) is 3.33. The van der Waals surface area contributed by atoms with Crippen molar-refractivity contribution in [3.05, 3.63) is 30.2 Å². The Labute approximate surface area is 130 Å². The van der Waals surface area contributed by atoms with Crippen LogP contribution in [0.15, 0.2) is 28.8 Å². The molecule has 8 heteroatoms. The molecular weight excluding hydrogens is 311 g/mol. The number of alkyl halides is 3. The van der Waals surface area contributed by atoms with E-state index in [2.05, 4.69) is 14.7 Å². The van der Waals surface area contributed by atoms with Gasteiger partial charge in [0.15, 0.2) is 0 Å². The first-order valence-electron chi connectivity index (χ1n) is 7.15. The zero-order valence-corrected chi connectivity index (χ0v) is 12.3. The van der Waals surface area contributed by atoms with Crippen molar-refractivity contribution >= 4 is 11.6 Å². The molecule has 1 aliphatic rings. The van der Waals surface area contributed by atoms with E-state index in [0.29, 0.717) is 11.3 Å². The molecule has 3 rings (SSSR count). The maximum Gasteiger partial charge on any atom is 0.471 e. The molecule has 0 atom stereocenters. The third-order valence-electron chi connectivity index (χ3n) is 3.97. The Kier molecular flexibility index (Phi) is 3.83. The third-order valence-corrected chi connectivity index (χ3v) is 3.97. The molecule has 0 radical (unpaired) electrons. The Morgan fingerprint density at radius 1 is 1.26 bits per heavy atom. The summed E-state index contributed by atoms with van der Waals surface area (Å²) >= 11 is 0. The van der Waals surface area contributed by atoms with Crippen LogP contribution in [0.2, 0.25) is 0 Å². The fraction of sp³-hybridized carbons (Fsp3) is 0.400. The van der Waals surface area contributed by atoms with Gasteiger partial charge in [0.1, 0.15) is 0 Å². The minimum absolute atomic E-state index is 0.0583. The van der Waals surface area contributed by atoms with Crippen LogP contribution in [0.4, 0.5) is 18.9 Å². The Bertz CT molecular complexity index is 706. The van der Waals surface area contributed by atoms with Gasteiger partial charge in [-0.3, -0.25) is 4.79 Å². The first-order chi connectivity index (χ1) is 10.9. The van der Waals surface area contributed by atoms with Crippen LogP contribution in [-0.4, -0.2) is 23.1 Å². The maximum atomic E-state index is 12.5. The zero-order valence-electron chi connectivity index (χ0n) is 12.3. The van der Waals surface area contributed by atoms with Crippen LogP contribution in [0.1, 0.15) is 25.2 Å². The molecular formula is C15H14F3N3O2. The molecule has 1 heterocycles. The number of aromatic nitrogens is 2. The van der Waals surface area contributed by atoms with E-state index >= 15 is 0 Å². The number of benzene rings is 1. The predicted molar refractivity (Wildman–Crippen MR) is 75.5 cm³/mol. The van der Waals surface area contributed by atoms with Crippen LogP contribution in [0.5, 0.6) is 0 Å². The SMILES string of the molecule is CN(C(=O)C1CCC1)c1ccc(-c2noc(C(F)(F)F)n2)cc1. The Hall–Kier alpha value is -2.38. The van der Waals surface area contributed by atoms with E-state index in [0.717, 1.165) is 19.3 Å². The summed E-state index contributed by atoms with van der Waals surface area (Å²) in [7, 11) is 1.69. The van der Waals surface area contributed by atoms with Crippen molar-refractivity contribution in [3.63, 3.8) is 0 Å². The molecule has 0 bridgehead atoms. The average Bonchev–Trinajstić information content (AvgIpc) is 2.94. The van der Waals surface area contributed by atoms with Gasteiger partial charge in [0.05, 0.1) is 0 Å². The number of rotatable bonds is 3. The largest absolute Gasteiger partial charge is 0.471 e. The maximum absolute atomic E-state index is 12.5. The number of nitrogens with zero attached hydrogens (tertiary/aromatic N) is 3. The van der Waals surface area contributed by atoms with Crippen LogP contribution in [0, 0.1) is 5.92 Å². The molecule has 0 saturated heterocycles. The van der Waals surface area contributed by atoms with Gasteiger partial charge in [-0.2, -0.15) is 18.2 Å². The molecule has 0 aliphatic heterocycles.